The topological polar surface area (TPSA) is 44.3 Å². The van der Waals surface area contributed by atoms with Crippen molar-refractivity contribution in [2.24, 2.45) is 0 Å². The zero-order chi connectivity index (χ0) is 10.6. The Morgan fingerprint density at radius 3 is 2.71 bits per heavy atom. The molecule has 3 nitrogen and oxygen atoms in total. The number of hydrogen-bond donors (Lipinski definition) is 3. The fraction of sp³-hybridized carbons (Fsp3) is 1.00. The summed E-state index contributed by atoms with van der Waals surface area (Å²) in [4.78, 5) is 0. The predicted molar refractivity (Wildman–Crippen MR) is 59.4 cm³/mol. The van der Waals surface area contributed by atoms with Crippen LogP contribution in [0, 0.1) is 0 Å². The van der Waals surface area contributed by atoms with E-state index < -0.39 is 5.60 Å². The summed E-state index contributed by atoms with van der Waals surface area (Å²) in [6, 6.07) is 0.719. The highest BCUT2D eigenvalue weighted by Gasteiger charge is 2.24. The van der Waals surface area contributed by atoms with E-state index in [4.69, 9.17) is 0 Å². The van der Waals surface area contributed by atoms with E-state index in [1.165, 1.54) is 19.3 Å². The molecular formula is C11H24N2O. The molecule has 0 saturated carbocycles. The van der Waals surface area contributed by atoms with Gasteiger partial charge in [0.2, 0.25) is 0 Å². The van der Waals surface area contributed by atoms with Crippen molar-refractivity contribution in [1.82, 2.24) is 10.6 Å². The number of rotatable bonds is 3. The highest BCUT2D eigenvalue weighted by Crippen LogP contribution is 2.12. The molecule has 1 heterocycles. The van der Waals surface area contributed by atoms with Gasteiger partial charge in [0, 0.05) is 12.1 Å². The molecule has 0 spiro atoms. The molecule has 3 heteroatoms. The molecule has 1 aliphatic heterocycles. The quantitative estimate of drug-likeness (QED) is 0.633. The van der Waals surface area contributed by atoms with Gasteiger partial charge in [-0.15, -0.1) is 0 Å². The maximum Gasteiger partial charge on any atom is 0.0741 e. The van der Waals surface area contributed by atoms with E-state index in [0.717, 1.165) is 13.1 Å². The second-order valence-electron chi connectivity index (χ2n) is 4.92. The maximum absolute atomic E-state index is 9.81. The third kappa shape index (κ3) is 3.95. The zero-order valence-corrected chi connectivity index (χ0v) is 9.64. The summed E-state index contributed by atoms with van der Waals surface area (Å²) < 4.78 is 0. The summed E-state index contributed by atoms with van der Waals surface area (Å²) in [6.07, 6.45) is 3.62. The molecule has 3 N–H and O–H groups in total. The standard InChI is InChI=1S/C11H24N2O/c1-9(11(2,3)14)13-10-5-4-7-12-8-6-10/h9-10,12-14H,4-8H2,1-3H3. The van der Waals surface area contributed by atoms with Crippen LogP contribution in [0.1, 0.15) is 40.0 Å². The molecule has 0 aromatic rings. The molecule has 1 saturated heterocycles. The van der Waals surface area contributed by atoms with Crippen LogP contribution in [-0.2, 0) is 0 Å². The van der Waals surface area contributed by atoms with E-state index in [2.05, 4.69) is 17.6 Å². The summed E-state index contributed by atoms with van der Waals surface area (Å²) in [6.45, 7) is 8.00. The molecule has 0 aliphatic carbocycles. The first-order valence-electron chi connectivity index (χ1n) is 5.69. The van der Waals surface area contributed by atoms with Gasteiger partial charge in [0.05, 0.1) is 5.60 Å². The van der Waals surface area contributed by atoms with Crippen molar-refractivity contribution in [2.75, 3.05) is 13.1 Å². The van der Waals surface area contributed by atoms with Gasteiger partial charge in [-0.2, -0.15) is 0 Å². The summed E-state index contributed by atoms with van der Waals surface area (Å²) in [7, 11) is 0. The van der Waals surface area contributed by atoms with Crippen LogP contribution in [-0.4, -0.2) is 35.9 Å². The summed E-state index contributed by atoms with van der Waals surface area (Å²) >= 11 is 0. The summed E-state index contributed by atoms with van der Waals surface area (Å²) in [5.41, 5.74) is -0.625. The molecule has 0 bridgehead atoms. The molecule has 2 atom stereocenters. The van der Waals surface area contributed by atoms with Gasteiger partial charge < -0.3 is 15.7 Å². The molecule has 1 rings (SSSR count). The smallest absolute Gasteiger partial charge is 0.0741 e. The molecular weight excluding hydrogens is 176 g/mol. The average Bonchev–Trinajstić information content (AvgIpc) is 2.31. The Morgan fingerprint density at radius 1 is 1.36 bits per heavy atom. The molecule has 2 unspecified atom stereocenters. The maximum atomic E-state index is 9.81. The first-order chi connectivity index (χ1) is 6.50. The molecule has 0 aromatic heterocycles. The summed E-state index contributed by atoms with van der Waals surface area (Å²) in [5.74, 6) is 0. The fourth-order valence-electron chi connectivity index (χ4n) is 1.74. The monoisotopic (exact) mass is 200 g/mol. The highest BCUT2D eigenvalue weighted by molar-refractivity contribution is 4.84. The lowest BCUT2D eigenvalue weighted by molar-refractivity contribution is 0.0391. The lowest BCUT2D eigenvalue weighted by Gasteiger charge is -2.30. The second-order valence-corrected chi connectivity index (χ2v) is 4.92. The Hall–Kier alpha value is -0.120. The Morgan fingerprint density at radius 2 is 2.07 bits per heavy atom. The number of aliphatic hydroxyl groups is 1. The second kappa shape index (κ2) is 5.10. The van der Waals surface area contributed by atoms with Gasteiger partial charge >= 0.3 is 0 Å². The van der Waals surface area contributed by atoms with Gasteiger partial charge in [0.1, 0.15) is 0 Å². The molecule has 1 fully saturated rings. The van der Waals surface area contributed by atoms with Crippen LogP contribution >= 0.6 is 0 Å². The van der Waals surface area contributed by atoms with Crippen molar-refractivity contribution in [2.45, 2.75) is 57.7 Å². The van der Waals surface area contributed by atoms with Crippen molar-refractivity contribution in [1.29, 1.82) is 0 Å². The first-order valence-corrected chi connectivity index (χ1v) is 5.69. The Balaban J connectivity index is 2.34. The third-order valence-electron chi connectivity index (χ3n) is 3.12. The van der Waals surface area contributed by atoms with Crippen molar-refractivity contribution >= 4 is 0 Å². The Bertz CT molecular complexity index is 157. The van der Waals surface area contributed by atoms with E-state index in [1.54, 1.807) is 0 Å². The molecule has 1 aliphatic rings. The van der Waals surface area contributed by atoms with Crippen molar-refractivity contribution < 1.29 is 5.11 Å². The van der Waals surface area contributed by atoms with E-state index >= 15 is 0 Å². The predicted octanol–water partition coefficient (Wildman–Crippen LogP) is 0.877. The lowest BCUT2D eigenvalue weighted by Crippen LogP contribution is -2.49. The van der Waals surface area contributed by atoms with Gasteiger partial charge in [-0.1, -0.05) is 0 Å². The number of hydrogen-bond acceptors (Lipinski definition) is 3. The van der Waals surface area contributed by atoms with E-state index in [1.807, 2.05) is 13.8 Å². The normalized spacial score (nSPS) is 27.0. The fourth-order valence-corrected chi connectivity index (χ4v) is 1.74. The van der Waals surface area contributed by atoms with Gasteiger partial charge in [-0.25, -0.2) is 0 Å². The van der Waals surface area contributed by atoms with E-state index in [-0.39, 0.29) is 6.04 Å². The van der Waals surface area contributed by atoms with Gasteiger partial charge in [-0.3, -0.25) is 0 Å². The SMILES string of the molecule is CC(NC1CCCNCC1)C(C)(C)O. The summed E-state index contributed by atoms with van der Waals surface area (Å²) in [5, 5.41) is 16.7. The van der Waals surface area contributed by atoms with Gasteiger partial charge in [0.15, 0.2) is 0 Å². The zero-order valence-electron chi connectivity index (χ0n) is 9.64. The van der Waals surface area contributed by atoms with Crippen molar-refractivity contribution in [3.8, 4) is 0 Å². The van der Waals surface area contributed by atoms with Crippen LogP contribution in [0.2, 0.25) is 0 Å². The molecule has 0 amide bonds. The Kier molecular flexibility index (Phi) is 4.35. The van der Waals surface area contributed by atoms with Crippen molar-refractivity contribution in [3.63, 3.8) is 0 Å². The first kappa shape index (κ1) is 12.0. The van der Waals surface area contributed by atoms with Gasteiger partial charge in [0.25, 0.3) is 0 Å². The molecule has 84 valence electrons. The molecule has 14 heavy (non-hydrogen) atoms. The van der Waals surface area contributed by atoms with E-state index in [0.29, 0.717) is 6.04 Å². The minimum atomic E-state index is -0.625. The highest BCUT2D eigenvalue weighted by atomic mass is 16.3. The van der Waals surface area contributed by atoms with Crippen LogP contribution in [0.5, 0.6) is 0 Å². The van der Waals surface area contributed by atoms with Crippen molar-refractivity contribution in [3.05, 3.63) is 0 Å². The molecule has 0 radical (unpaired) electrons. The van der Waals surface area contributed by atoms with Gasteiger partial charge in [-0.05, 0) is 53.1 Å². The lowest BCUT2D eigenvalue weighted by atomic mass is 9.98. The van der Waals surface area contributed by atoms with E-state index in [9.17, 15) is 5.11 Å². The van der Waals surface area contributed by atoms with Crippen LogP contribution in [0.3, 0.4) is 0 Å². The third-order valence-corrected chi connectivity index (χ3v) is 3.12. The van der Waals surface area contributed by atoms with Crippen LogP contribution in [0.15, 0.2) is 0 Å². The minimum absolute atomic E-state index is 0.158. The minimum Gasteiger partial charge on any atom is -0.389 e. The van der Waals surface area contributed by atoms with Crippen LogP contribution < -0.4 is 10.6 Å². The van der Waals surface area contributed by atoms with Crippen LogP contribution in [0.4, 0.5) is 0 Å². The largest absolute Gasteiger partial charge is 0.389 e. The Labute approximate surface area is 87.3 Å². The van der Waals surface area contributed by atoms with Crippen LogP contribution in [0.25, 0.3) is 0 Å². The average molecular weight is 200 g/mol. The molecule has 0 aromatic carbocycles. The number of nitrogens with one attached hydrogen (secondary N) is 2.